The maximum absolute atomic E-state index is 11.9. The molecule has 0 bridgehead atoms. The summed E-state index contributed by atoms with van der Waals surface area (Å²) in [5.74, 6) is -0.386. The number of hydrogen-bond acceptors (Lipinski definition) is 4. The van der Waals surface area contributed by atoms with Crippen molar-refractivity contribution < 1.29 is 9.90 Å². The van der Waals surface area contributed by atoms with Gasteiger partial charge in [-0.1, -0.05) is 25.3 Å². The van der Waals surface area contributed by atoms with Crippen LogP contribution < -0.4 is 5.32 Å². The van der Waals surface area contributed by atoms with Crippen molar-refractivity contribution >= 4 is 44.8 Å². The molecular weight excluding hydrogens is 490 g/mol. The van der Waals surface area contributed by atoms with Crippen molar-refractivity contribution in [3.8, 4) is 22.5 Å². The Bertz CT molecular complexity index is 1740. The molecule has 4 heterocycles. The molecule has 192 valence electrons. The molecule has 0 atom stereocenters. The number of carboxylic acids is 1. The highest BCUT2D eigenvalue weighted by Crippen LogP contribution is 2.48. The third-order valence-electron chi connectivity index (χ3n) is 8.44. The van der Waals surface area contributed by atoms with Crippen molar-refractivity contribution in [1.29, 1.82) is 0 Å². The third-order valence-corrected chi connectivity index (χ3v) is 9.41. The number of nitrogens with one attached hydrogen (secondary N) is 1. The molecule has 1 aliphatic carbocycles. The van der Waals surface area contributed by atoms with Gasteiger partial charge in [0.25, 0.3) is 0 Å². The topological polar surface area (TPSA) is 67.1 Å². The van der Waals surface area contributed by atoms with Gasteiger partial charge in [-0.05, 0) is 80.6 Å². The largest absolute Gasteiger partial charge is 0.478 e. The number of carboxylic acid groups (broad SMARTS) is 1. The van der Waals surface area contributed by atoms with Gasteiger partial charge in [0.2, 0.25) is 0 Å². The van der Waals surface area contributed by atoms with Gasteiger partial charge in [-0.25, -0.2) is 9.78 Å². The summed E-state index contributed by atoms with van der Waals surface area (Å²) >= 11 is 1.82. The number of aromatic carboxylic acids is 1. The van der Waals surface area contributed by atoms with Crippen LogP contribution >= 0.6 is 11.3 Å². The van der Waals surface area contributed by atoms with Crippen molar-refractivity contribution in [2.75, 3.05) is 11.9 Å². The van der Waals surface area contributed by atoms with Crippen LogP contribution in [0.2, 0.25) is 0 Å². The summed E-state index contributed by atoms with van der Waals surface area (Å²) < 4.78 is 2.37. The molecule has 6 heteroatoms. The SMILES string of the molecule is Cc1cc(-c2ccc3c4c(ccc3n2)-c2c(C3CCCCC3)c3ccc(C(=O)O)cc3n2CCN4)c(C)s1. The van der Waals surface area contributed by atoms with E-state index >= 15 is 0 Å². The summed E-state index contributed by atoms with van der Waals surface area (Å²) in [7, 11) is 0. The molecule has 38 heavy (non-hydrogen) atoms. The van der Waals surface area contributed by atoms with Crippen LogP contribution in [-0.4, -0.2) is 27.2 Å². The lowest BCUT2D eigenvalue weighted by Gasteiger charge is -2.24. The number of anilines is 1. The number of aromatic nitrogens is 2. The van der Waals surface area contributed by atoms with E-state index < -0.39 is 5.97 Å². The normalized spacial score (nSPS) is 15.7. The summed E-state index contributed by atoms with van der Waals surface area (Å²) in [4.78, 5) is 19.6. The Hall–Kier alpha value is -3.64. The second-order valence-corrected chi connectivity index (χ2v) is 12.3. The van der Waals surface area contributed by atoms with Crippen LogP contribution in [0.5, 0.6) is 0 Å². The molecule has 0 unspecified atom stereocenters. The minimum atomic E-state index is -0.877. The first-order chi connectivity index (χ1) is 18.5. The Morgan fingerprint density at radius 2 is 1.82 bits per heavy atom. The Labute approximate surface area is 226 Å². The van der Waals surface area contributed by atoms with Gasteiger partial charge in [-0.3, -0.25) is 0 Å². The van der Waals surface area contributed by atoms with Gasteiger partial charge in [0.15, 0.2) is 0 Å². The fourth-order valence-electron chi connectivity index (χ4n) is 6.76. The number of rotatable bonds is 3. The van der Waals surface area contributed by atoms with Gasteiger partial charge in [-0.15, -0.1) is 11.3 Å². The highest BCUT2D eigenvalue weighted by molar-refractivity contribution is 7.12. The predicted molar refractivity (Wildman–Crippen MR) is 157 cm³/mol. The fourth-order valence-corrected chi connectivity index (χ4v) is 7.69. The molecule has 0 saturated heterocycles. The summed E-state index contributed by atoms with van der Waals surface area (Å²) in [5.41, 5.74) is 9.59. The Morgan fingerprint density at radius 1 is 1.00 bits per heavy atom. The highest BCUT2D eigenvalue weighted by atomic mass is 32.1. The molecule has 2 aliphatic rings. The van der Waals surface area contributed by atoms with E-state index in [-0.39, 0.29) is 0 Å². The van der Waals surface area contributed by atoms with Crippen molar-refractivity contribution in [1.82, 2.24) is 9.55 Å². The summed E-state index contributed by atoms with van der Waals surface area (Å²) in [6.45, 7) is 5.87. The summed E-state index contributed by atoms with van der Waals surface area (Å²) in [5, 5.41) is 15.8. The second-order valence-electron chi connectivity index (χ2n) is 10.8. The van der Waals surface area contributed by atoms with Crippen molar-refractivity contribution in [3.63, 3.8) is 0 Å². The van der Waals surface area contributed by atoms with Crippen LogP contribution in [0, 0.1) is 13.8 Å². The lowest BCUT2D eigenvalue weighted by Crippen LogP contribution is -2.08. The van der Waals surface area contributed by atoms with Gasteiger partial charge < -0.3 is 15.0 Å². The van der Waals surface area contributed by atoms with E-state index in [2.05, 4.69) is 60.1 Å². The van der Waals surface area contributed by atoms with E-state index in [1.54, 1.807) is 6.07 Å². The molecule has 3 aromatic heterocycles. The molecular formula is C32H31N3O2S. The zero-order valence-corrected chi connectivity index (χ0v) is 22.6. The van der Waals surface area contributed by atoms with Crippen LogP contribution in [0.25, 0.3) is 44.3 Å². The minimum absolute atomic E-state index is 0.347. The predicted octanol–water partition coefficient (Wildman–Crippen LogP) is 8.37. The standard InChI is InChI=1S/C32H31N3O2S/c1-18-16-25(19(2)38-18)27-12-10-22-26(34-27)13-11-24-30(22)33-14-15-35-28-17-21(32(36)37)8-9-23(28)29(31(24)35)20-6-4-3-5-7-20/h8-13,16-17,20,33H,3-7,14-15H2,1-2H3,(H,36,37). The molecule has 1 saturated carbocycles. The molecule has 7 rings (SSSR count). The Balaban J connectivity index is 1.47. The van der Waals surface area contributed by atoms with Gasteiger partial charge in [-0.2, -0.15) is 0 Å². The number of aryl methyl sites for hydroxylation is 2. The average Bonchev–Trinajstić information content (AvgIpc) is 3.36. The first-order valence-electron chi connectivity index (χ1n) is 13.6. The van der Waals surface area contributed by atoms with E-state index in [9.17, 15) is 9.90 Å². The monoisotopic (exact) mass is 521 g/mol. The minimum Gasteiger partial charge on any atom is -0.478 e. The lowest BCUT2D eigenvalue weighted by atomic mass is 9.81. The van der Waals surface area contributed by atoms with Crippen molar-refractivity contribution in [2.24, 2.45) is 0 Å². The zero-order valence-electron chi connectivity index (χ0n) is 21.8. The van der Waals surface area contributed by atoms with E-state index in [4.69, 9.17) is 4.98 Å². The van der Waals surface area contributed by atoms with E-state index in [0.29, 0.717) is 11.5 Å². The van der Waals surface area contributed by atoms with Gasteiger partial charge in [0, 0.05) is 50.3 Å². The fraction of sp³-hybridized carbons (Fsp3) is 0.312. The number of fused-ring (bicyclic) bond motifs is 7. The van der Waals surface area contributed by atoms with Crippen LogP contribution in [-0.2, 0) is 6.54 Å². The first kappa shape index (κ1) is 23.5. The second kappa shape index (κ2) is 8.98. The summed E-state index contributed by atoms with van der Waals surface area (Å²) in [6.07, 6.45) is 6.18. The molecule has 0 radical (unpaired) electrons. The lowest BCUT2D eigenvalue weighted by molar-refractivity contribution is 0.0697. The number of carbonyl (C=O) groups is 1. The molecule has 0 amide bonds. The molecule has 5 nitrogen and oxygen atoms in total. The number of nitrogens with zero attached hydrogens (tertiary/aromatic N) is 2. The number of thiophene rings is 1. The third kappa shape index (κ3) is 3.65. The number of pyridine rings is 1. The average molecular weight is 522 g/mol. The van der Waals surface area contributed by atoms with Crippen molar-refractivity contribution in [2.45, 2.75) is 58.4 Å². The van der Waals surface area contributed by atoms with E-state index in [0.717, 1.165) is 40.9 Å². The maximum Gasteiger partial charge on any atom is 0.335 e. The summed E-state index contributed by atoms with van der Waals surface area (Å²) in [6, 6.07) is 16.7. The maximum atomic E-state index is 11.9. The van der Waals surface area contributed by atoms with Crippen molar-refractivity contribution in [3.05, 3.63) is 69.4 Å². The van der Waals surface area contributed by atoms with Crippen LogP contribution in [0.3, 0.4) is 0 Å². The zero-order chi connectivity index (χ0) is 26.0. The Morgan fingerprint density at radius 3 is 2.58 bits per heavy atom. The molecule has 5 aromatic rings. The van der Waals surface area contributed by atoms with Crippen LogP contribution in [0.1, 0.15) is 63.7 Å². The van der Waals surface area contributed by atoms with Gasteiger partial charge in [0.05, 0.1) is 28.2 Å². The van der Waals surface area contributed by atoms with Crippen LogP contribution in [0.15, 0.2) is 48.5 Å². The molecule has 0 spiro atoms. The van der Waals surface area contributed by atoms with Gasteiger partial charge >= 0.3 is 5.97 Å². The molecule has 2 aromatic carbocycles. The first-order valence-corrected chi connectivity index (χ1v) is 14.5. The van der Waals surface area contributed by atoms with Crippen LogP contribution in [0.4, 0.5) is 5.69 Å². The molecule has 1 fully saturated rings. The molecule has 2 N–H and O–H groups in total. The smallest absolute Gasteiger partial charge is 0.335 e. The Kier molecular flexibility index (Phi) is 5.55. The van der Waals surface area contributed by atoms with E-state index in [1.807, 2.05) is 17.4 Å². The number of benzene rings is 2. The van der Waals surface area contributed by atoms with Gasteiger partial charge in [0.1, 0.15) is 0 Å². The quantitative estimate of drug-likeness (QED) is 0.250. The molecule has 1 aliphatic heterocycles. The highest BCUT2D eigenvalue weighted by Gasteiger charge is 2.29. The van der Waals surface area contributed by atoms with E-state index in [1.165, 1.54) is 69.6 Å². The number of hydrogen-bond donors (Lipinski definition) is 2.